The van der Waals surface area contributed by atoms with Gasteiger partial charge in [-0.05, 0) is 33.3 Å². The smallest absolute Gasteiger partial charge is 0.273 e. The highest BCUT2D eigenvalue weighted by atomic mass is 32.1. The fourth-order valence-electron chi connectivity index (χ4n) is 2.62. The first-order chi connectivity index (χ1) is 13.8. The van der Waals surface area contributed by atoms with E-state index in [1.165, 1.54) is 34.4 Å². The zero-order valence-electron chi connectivity index (χ0n) is 16.6. The van der Waals surface area contributed by atoms with E-state index in [4.69, 9.17) is 4.74 Å². The zero-order valence-corrected chi connectivity index (χ0v) is 17.5. The van der Waals surface area contributed by atoms with Gasteiger partial charge in [-0.25, -0.2) is 4.98 Å². The predicted molar refractivity (Wildman–Crippen MR) is 110 cm³/mol. The van der Waals surface area contributed by atoms with Crippen molar-refractivity contribution in [3.63, 3.8) is 0 Å². The SMILES string of the molecule is CCOCCCN(CC(=O)Nc1nc(C)cs1)C(=O)c1ccc(C)c([N+](=O)[O-])c1. The van der Waals surface area contributed by atoms with E-state index in [9.17, 15) is 19.7 Å². The first kappa shape index (κ1) is 22.4. The minimum atomic E-state index is -0.525. The van der Waals surface area contributed by atoms with Crippen LogP contribution in [0, 0.1) is 24.0 Å². The molecular weight excluding hydrogens is 396 g/mol. The van der Waals surface area contributed by atoms with E-state index < -0.39 is 10.8 Å². The van der Waals surface area contributed by atoms with E-state index in [1.54, 1.807) is 6.92 Å². The van der Waals surface area contributed by atoms with Crippen molar-refractivity contribution in [3.8, 4) is 0 Å². The number of anilines is 1. The molecule has 0 atom stereocenters. The number of rotatable bonds is 10. The monoisotopic (exact) mass is 420 g/mol. The number of nitro benzene ring substituents is 1. The molecule has 156 valence electrons. The molecule has 0 saturated heterocycles. The van der Waals surface area contributed by atoms with Crippen LogP contribution in [0.3, 0.4) is 0 Å². The van der Waals surface area contributed by atoms with E-state index >= 15 is 0 Å². The minimum Gasteiger partial charge on any atom is -0.382 e. The third-order valence-corrected chi connectivity index (χ3v) is 4.94. The number of nitro groups is 1. The largest absolute Gasteiger partial charge is 0.382 e. The predicted octanol–water partition coefficient (Wildman–Crippen LogP) is 3.18. The maximum Gasteiger partial charge on any atom is 0.273 e. The molecule has 2 rings (SSSR count). The summed E-state index contributed by atoms with van der Waals surface area (Å²) >= 11 is 1.30. The molecule has 0 radical (unpaired) electrons. The van der Waals surface area contributed by atoms with Crippen LogP contribution in [0.15, 0.2) is 23.6 Å². The average molecular weight is 420 g/mol. The van der Waals surface area contributed by atoms with Gasteiger partial charge in [-0.1, -0.05) is 6.07 Å². The van der Waals surface area contributed by atoms with Crippen LogP contribution in [0.1, 0.15) is 35.0 Å². The van der Waals surface area contributed by atoms with Crippen LogP contribution in [0.25, 0.3) is 0 Å². The van der Waals surface area contributed by atoms with Crippen LogP contribution in [0.5, 0.6) is 0 Å². The Bertz CT molecular complexity index is 883. The lowest BCUT2D eigenvalue weighted by molar-refractivity contribution is -0.385. The zero-order chi connectivity index (χ0) is 21.4. The van der Waals surface area contributed by atoms with Crippen molar-refractivity contribution in [1.29, 1.82) is 0 Å². The highest BCUT2D eigenvalue weighted by Gasteiger charge is 2.22. The van der Waals surface area contributed by atoms with Gasteiger partial charge in [0.1, 0.15) is 6.54 Å². The Balaban J connectivity index is 2.15. The number of aryl methyl sites for hydroxylation is 2. The quantitative estimate of drug-likeness (QED) is 0.359. The van der Waals surface area contributed by atoms with Gasteiger partial charge in [0.15, 0.2) is 5.13 Å². The summed E-state index contributed by atoms with van der Waals surface area (Å²) in [7, 11) is 0. The number of amides is 2. The van der Waals surface area contributed by atoms with Crippen molar-refractivity contribution in [2.24, 2.45) is 0 Å². The van der Waals surface area contributed by atoms with Crippen molar-refractivity contribution in [2.75, 3.05) is 31.6 Å². The average Bonchev–Trinajstić information content (AvgIpc) is 3.08. The van der Waals surface area contributed by atoms with Gasteiger partial charge in [0.05, 0.1) is 10.6 Å². The molecule has 0 unspecified atom stereocenters. The molecule has 0 aliphatic carbocycles. The molecular formula is C19H24N4O5S. The summed E-state index contributed by atoms with van der Waals surface area (Å²) in [5, 5.41) is 16.1. The lowest BCUT2D eigenvalue weighted by Gasteiger charge is -2.22. The Labute approximate surface area is 172 Å². The standard InChI is InChI=1S/C19H24N4O5S/c1-4-28-9-5-8-22(11-17(24)21-19-20-14(3)12-29-19)18(25)15-7-6-13(2)16(10-15)23(26)27/h6-7,10,12H,4-5,8-9,11H2,1-3H3,(H,20,21,24). The van der Waals surface area contributed by atoms with Crippen molar-refractivity contribution in [1.82, 2.24) is 9.88 Å². The second kappa shape index (κ2) is 10.6. The molecule has 1 N–H and O–H groups in total. The second-order valence-corrected chi connectivity index (χ2v) is 7.24. The van der Waals surface area contributed by atoms with Crippen LogP contribution in [-0.2, 0) is 9.53 Å². The Morgan fingerprint density at radius 1 is 1.34 bits per heavy atom. The Morgan fingerprint density at radius 3 is 2.72 bits per heavy atom. The summed E-state index contributed by atoms with van der Waals surface area (Å²) in [6.07, 6.45) is 0.539. The van der Waals surface area contributed by atoms with Gasteiger partial charge >= 0.3 is 0 Å². The van der Waals surface area contributed by atoms with Gasteiger partial charge in [0.2, 0.25) is 5.91 Å². The molecule has 0 fully saturated rings. The number of benzene rings is 1. The first-order valence-electron chi connectivity index (χ1n) is 9.15. The van der Waals surface area contributed by atoms with Crippen molar-refractivity contribution in [3.05, 3.63) is 50.5 Å². The summed E-state index contributed by atoms with van der Waals surface area (Å²) < 4.78 is 5.30. The van der Waals surface area contributed by atoms with Gasteiger partial charge < -0.3 is 15.0 Å². The molecule has 0 spiro atoms. The second-order valence-electron chi connectivity index (χ2n) is 6.38. The summed E-state index contributed by atoms with van der Waals surface area (Å²) in [6.45, 7) is 6.40. The Kier molecular flexibility index (Phi) is 8.22. The van der Waals surface area contributed by atoms with E-state index in [1.807, 2.05) is 19.2 Å². The fraction of sp³-hybridized carbons (Fsp3) is 0.421. The van der Waals surface area contributed by atoms with E-state index in [-0.39, 0.29) is 30.2 Å². The van der Waals surface area contributed by atoms with Crippen molar-refractivity contribution in [2.45, 2.75) is 27.2 Å². The molecule has 0 saturated carbocycles. The van der Waals surface area contributed by atoms with Gasteiger partial charge in [0.25, 0.3) is 11.6 Å². The first-order valence-corrected chi connectivity index (χ1v) is 10.0. The molecule has 10 heteroatoms. The lowest BCUT2D eigenvalue weighted by atomic mass is 10.1. The number of ether oxygens (including phenoxy) is 1. The number of carbonyl (C=O) groups is 2. The van der Waals surface area contributed by atoms with Gasteiger partial charge in [-0.15, -0.1) is 11.3 Å². The molecule has 1 aromatic heterocycles. The van der Waals surface area contributed by atoms with Crippen LogP contribution in [0.4, 0.5) is 10.8 Å². The van der Waals surface area contributed by atoms with Crippen LogP contribution < -0.4 is 5.32 Å². The minimum absolute atomic E-state index is 0.132. The molecule has 9 nitrogen and oxygen atoms in total. The van der Waals surface area contributed by atoms with Crippen molar-refractivity contribution >= 4 is 34.0 Å². The normalized spacial score (nSPS) is 10.6. The third kappa shape index (κ3) is 6.61. The van der Waals surface area contributed by atoms with Crippen LogP contribution in [-0.4, -0.2) is 52.9 Å². The third-order valence-electron chi connectivity index (χ3n) is 4.06. The summed E-state index contributed by atoms with van der Waals surface area (Å²) in [5.41, 5.74) is 1.29. The van der Waals surface area contributed by atoms with E-state index in [2.05, 4.69) is 10.3 Å². The van der Waals surface area contributed by atoms with Crippen LogP contribution >= 0.6 is 11.3 Å². The molecule has 0 aliphatic heterocycles. The summed E-state index contributed by atoms with van der Waals surface area (Å²) in [6, 6.07) is 4.31. The summed E-state index contributed by atoms with van der Waals surface area (Å²) in [4.78, 5) is 41.6. The number of aromatic nitrogens is 1. The number of nitrogens with one attached hydrogen (secondary N) is 1. The Morgan fingerprint density at radius 2 is 2.10 bits per heavy atom. The number of nitrogens with zero attached hydrogens (tertiary/aromatic N) is 3. The molecule has 2 aromatic rings. The van der Waals surface area contributed by atoms with Gasteiger partial charge in [-0.2, -0.15) is 0 Å². The number of hydrogen-bond donors (Lipinski definition) is 1. The molecule has 0 bridgehead atoms. The molecule has 0 aliphatic rings. The summed E-state index contributed by atoms with van der Waals surface area (Å²) in [5.74, 6) is -0.833. The van der Waals surface area contributed by atoms with E-state index in [0.29, 0.717) is 30.3 Å². The highest BCUT2D eigenvalue weighted by Crippen LogP contribution is 2.20. The topological polar surface area (TPSA) is 115 Å². The fourth-order valence-corrected chi connectivity index (χ4v) is 3.32. The Hall–Kier alpha value is -2.85. The van der Waals surface area contributed by atoms with Gasteiger partial charge in [-0.3, -0.25) is 19.7 Å². The van der Waals surface area contributed by atoms with E-state index in [0.717, 1.165) is 5.69 Å². The van der Waals surface area contributed by atoms with Crippen LogP contribution in [0.2, 0.25) is 0 Å². The molecule has 2 amide bonds. The van der Waals surface area contributed by atoms with Gasteiger partial charge in [0, 0.05) is 42.3 Å². The number of carbonyl (C=O) groups excluding carboxylic acids is 2. The molecule has 1 aromatic carbocycles. The number of hydrogen-bond acceptors (Lipinski definition) is 7. The maximum absolute atomic E-state index is 13.0. The molecule has 1 heterocycles. The lowest BCUT2D eigenvalue weighted by Crippen LogP contribution is -2.39. The van der Waals surface area contributed by atoms with Crippen molar-refractivity contribution < 1.29 is 19.2 Å². The maximum atomic E-state index is 13.0. The molecule has 29 heavy (non-hydrogen) atoms. The highest BCUT2D eigenvalue weighted by molar-refractivity contribution is 7.13. The number of thiazole rings is 1.